The highest BCUT2D eigenvalue weighted by molar-refractivity contribution is 5.94. The Kier molecular flexibility index (Phi) is 6.75. The van der Waals surface area contributed by atoms with Crippen molar-refractivity contribution >= 4 is 11.8 Å². The zero-order valence-corrected chi connectivity index (χ0v) is 14.5. The van der Waals surface area contributed by atoms with Crippen molar-refractivity contribution in [1.29, 1.82) is 0 Å². The molecule has 0 saturated carbocycles. The minimum absolute atomic E-state index is 0.0387. The summed E-state index contributed by atoms with van der Waals surface area (Å²) in [6.45, 7) is 7.56. The third-order valence-electron chi connectivity index (χ3n) is 4.34. The van der Waals surface area contributed by atoms with Gasteiger partial charge in [0, 0.05) is 51.8 Å². The zero-order chi connectivity index (χ0) is 17.5. The Morgan fingerprint density at radius 1 is 1.17 bits per heavy atom. The highest BCUT2D eigenvalue weighted by Gasteiger charge is 2.22. The Labute approximate surface area is 143 Å². The van der Waals surface area contributed by atoms with Crippen LogP contribution < -0.4 is 5.32 Å². The van der Waals surface area contributed by atoms with Gasteiger partial charge in [-0.15, -0.1) is 0 Å². The Balaban J connectivity index is 1.85. The lowest BCUT2D eigenvalue weighted by Gasteiger charge is -2.35. The van der Waals surface area contributed by atoms with Crippen molar-refractivity contribution in [3.8, 4) is 0 Å². The predicted octanol–water partition coefficient (Wildman–Crippen LogP) is 0.851. The molecule has 1 aromatic rings. The molecule has 0 aliphatic carbocycles. The molecular formula is C18H27N3O3. The van der Waals surface area contributed by atoms with Gasteiger partial charge in [0.25, 0.3) is 5.91 Å². The van der Waals surface area contributed by atoms with Gasteiger partial charge in [0.2, 0.25) is 5.91 Å². The summed E-state index contributed by atoms with van der Waals surface area (Å²) in [5.74, 6) is -0.0296. The van der Waals surface area contributed by atoms with Gasteiger partial charge in [-0.1, -0.05) is 19.1 Å². The maximum atomic E-state index is 12.6. The van der Waals surface area contributed by atoms with Gasteiger partial charge >= 0.3 is 0 Å². The maximum Gasteiger partial charge on any atom is 0.253 e. The van der Waals surface area contributed by atoms with E-state index in [1.807, 2.05) is 36.1 Å². The van der Waals surface area contributed by atoms with Crippen molar-refractivity contribution in [2.75, 3.05) is 32.7 Å². The van der Waals surface area contributed by atoms with Crippen molar-refractivity contribution in [3.63, 3.8) is 0 Å². The van der Waals surface area contributed by atoms with Crippen molar-refractivity contribution in [2.45, 2.75) is 32.9 Å². The van der Waals surface area contributed by atoms with Gasteiger partial charge in [-0.3, -0.25) is 14.5 Å². The number of nitrogens with one attached hydrogen (secondary N) is 1. The molecule has 1 aliphatic rings. The number of aliphatic hydroxyl groups excluding tert-OH is 1. The van der Waals surface area contributed by atoms with E-state index in [2.05, 4.69) is 10.2 Å². The summed E-state index contributed by atoms with van der Waals surface area (Å²) in [5, 5.41) is 12.5. The molecule has 6 heteroatoms. The van der Waals surface area contributed by atoms with Crippen LogP contribution in [0.4, 0.5) is 0 Å². The number of hydrogen-bond donors (Lipinski definition) is 2. The first-order valence-electron chi connectivity index (χ1n) is 8.52. The minimum Gasteiger partial charge on any atom is -0.392 e. The first-order valence-corrected chi connectivity index (χ1v) is 8.52. The lowest BCUT2D eigenvalue weighted by molar-refractivity contribution is -0.119. The normalized spacial score (nSPS) is 16.7. The number of carbonyl (C=O) groups is 2. The zero-order valence-electron chi connectivity index (χ0n) is 14.5. The Bertz CT molecular complexity index is 551. The molecule has 1 saturated heterocycles. The quantitative estimate of drug-likeness (QED) is 0.810. The predicted molar refractivity (Wildman–Crippen MR) is 92.6 cm³/mol. The molecule has 2 N–H and O–H groups in total. The van der Waals surface area contributed by atoms with Gasteiger partial charge in [0.15, 0.2) is 0 Å². The molecule has 132 valence electrons. The van der Waals surface area contributed by atoms with Crippen LogP contribution in [0.25, 0.3) is 0 Å². The van der Waals surface area contributed by atoms with Crippen LogP contribution in [-0.4, -0.2) is 65.5 Å². The topological polar surface area (TPSA) is 72.9 Å². The lowest BCUT2D eigenvalue weighted by Crippen LogP contribution is -2.50. The van der Waals surface area contributed by atoms with E-state index in [1.54, 1.807) is 0 Å². The highest BCUT2D eigenvalue weighted by atomic mass is 16.3. The summed E-state index contributed by atoms with van der Waals surface area (Å²) in [7, 11) is 0. The Morgan fingerprint density at radius 2 is 1.79 bits per heavy atom. The molecule has 24 heavy (non-hydrogen) atoms. The standard InChI is InChI=1S/C18H27N3O3/c1-3-17(23)13-20-8-10-21(11-9-20)18(24)16-6-4-15(5-7-16)12-19-14(2)22/h4-7,17,23H,3,8-13H2,1-2H3,(H,19,22). The van der Waals surface area contributed by atoms with Gasteiger partial charge < -0.3 is 15.3 Å². The molecule has 1 unspecified atom stereocenters. The number of nitrogens with zero attached hydrogens (tertiary/aromatic N) is 2. The molecule has 0 radical (unpaired) electrons. The van der Waals surface area contributed by atoms with Crippen LogP contribution in [0.2, 0.25) is 0 Å². The molecular weight excluding hydrogens is 306 g/mol. The van der Waals surface area contributed by atoms with Crippen LogP contribution in [-0.2, 0) is 11.3 Å². The van der Waals surface area contributed by atoms with E-state index in [-0.39, 0.29) is 17.9 Å². The van der Waals surface area contributed by atoms with E-state index in [4.69, 9.17) is 0 Å². The van der Waals surface area contributed by atoms with Crippen LogP contribution in [0, 0.1) is 0 Å². The van der Waals surface area contributed by atoms with Crippen molar-refractivity contribution in [1.82, 2.24) is 15.1 Å². The SMILES string of the molecule is CCC(O)CN1CCN(C(=O)c2ccc(CNC(C)=O)cc2)CC1. The third-order valence-corrected chi connectivity index (χ3v) is 4.34. The molecule has 1 heterocycles. The summed E-state index contributed by atoms with van der Waals surface area (Å²) < 4.78 is 0. The van der Waals surface area contributed by atoms with Crippen molar-refractivity contribution in [2.24, 2.45) is 0 Å². The third kappa shape index (κ3) is 5.32. The lowest BCUT2D eigenvalue weighted by atomic mass is 10.1. The molecule has 1 aliphatic heterocycles. The molecule has 0 bridgehead atoms. The maximum absolute atomic E-state index is 12.6. The largest absolute Gasteiger partial charge is 0.392 e. The van der Waals surface area contributed by atoms with Gasteiger partial charge in [-0.2, -0.15) is 0 Å². The summed E-state index contributed by atoms with van der Waals surface area (Å²) in [6, 6.07) is 7.37. The molecule has 1 aromatic carbocycles. The van der Waals surface area contributed by atoms with Crippen LogP contribution in [0.1, 0.15) is 36.2 Å². The first kappa shape index (κ1) is 18.4. The number of rotatable bonds is 6. The number of β-amino-alcohol motifs (C(OH)–C–C–N with tert-alkyl or cyclic N) is 1. The fourth-order valence-electron chi connectivity index (χ4n) is 2.73. The summed E-state index contributed by atoms with van der Waals surface area (Å²) >= 11 is 0. The van der Waals surface area contributed by atoms with E-state index in [9.17, 15) is 14.7 Å². The van der Waals surface area contributed by atoms with Crippen LogP contribution in [0.5, 0.6) is 0 Å². The van der Waals surface area contributed by atoms with E-state index < -0.39 is 0 Å². The van der Waals surface area contributed by atoms with Gasteiger partial charge in [0.1, 0.15) is 0 Å². The second-order valence-corrected chi connectivity index (χ2v) is 6.26. The average Bonchev–Trinajstić information content (AvgIpc) is 2.60. The second-order valence-electron chi connectivity index (χ2n) is 6.26. The Morgan fingerprint density at radius 3 is 2.33 bits per heavy atom. The van der Waals surface area contributed by atoms with E-state index in [0.29, 0.717) is 31.7 Å². The fourth-order valence-corrected chi connectivity index (χ4v) is 2.73. The van der Waals surface area contributed by atoms with Gasteiger partial charge in [-0.05, 0) is 24.1 Å². The van der Waals surface area contributed by atoms with Gasteiger partial charge in [-0.25, -0.2) is 0 Å². The molecule has 2 rings (SSSR count). The number of benzene rings is 1. The van der Waals surface area contributed by atoms with E-state index in [0.717, 1.165) is 25.1 Å². The summed E-state index contributed by atoms with van der Waals surface area (Å²) in [5.41, 5.74) is 1.64. The highest BCUT2D eigenvalue weighted by Crippen LogP contribution is 2.11. The molecule has 1 fully saturated rings. The van der Waals surface area contributed by atoms with Gasteiger partial charge in [0.05, 0.1) is 6.10 Å². The summed E-state index contributed by atoms with van der Waals surface area (Å²) in [4.78, 5) is 27.5. The smallest absolute Gasteiger partial charge is 0.253 e. The fraction of sp³-hybridized carbons (Fsp3) is 0.556. The molecule has 1 atom stereocenters. The first-order chi connectivity index (χ1) is 11.5. The monoisotopic (exact) mass is 333 g/mol. The van der Waals surface area contributed by atoms with E-state index in [1.165, 1.54) is 6.92 Å². The molecule has 2 amide bonds. The van der Waals surface area contributed by atoms with Crippen LogP contribution in [0.15, 0.2) is 24.3 Å². The van der Waals surface area contributed by atoms with Crippen LogP contribution >= 0.6 is 0 Å². The number of amides is 2. The van der Waals surface area contributed by atoms with Crippen LogP contribution in [0.3, 0.4) is 0 Å². The molecule has 6 nitrogen and oxygen atoms in total. The second kappa shape index (κ2) is 8.80. The number of carbonyl (C=O) groups excluding carboxylic acids is 2. The number of piperazine rings is 1. The average molecular weight is 333 g/mol. The van der Waals surface area contributed by atoms with E-state index >= 15 is 0 Å². The van der Waals surface area contributed by atoms with Crippen molar-refractivity contribution < 1.29 is 14.7 Å². The molecule has 0 aromatic heterocycles. The number of aliphatic hydroxyl groups is 1. The molecule has 0 spiro atoms. The number of hydrogen-bond acceptors (Lipinski definition) is 4. The van der Waals surface area contributed by atoms with Crippen molar-refractivity contribution in [3.05, 3.63) is 35.4 Å². The minimum atomic E-state index is -0.289. The Hall–Kier alpha value is -1.92. The summed E-state index contributed by atoms with van der Waals surface area (Å²) in [6.07, 6.45) is 0.465.